The van der Waals surface area contributed by atoms with E-state index < -0.39 is 6.17 Å². The van der Waals surface area contributed by atoms with Crippen molar-refractivity contribution in [3.63, 3.8) is 0 Å². The fraction of sp³-hybridized carbons (Fsp3) is 0.750. The van der Waals surface area contributed by atoms with Crippen molar-refractivity contribution in [2.75, 3.05) is 6.54 Å². The molecular weight excluding hydrogens is 129 g/mol. The quantitative estimate of drug-likeness (QED) is 0.496. The van der Waals surface area contributed by atoms with Gasteiger partial charge < -0.3 is 4.90 Å². The van der Waals surface area contributed by atoms with E-state index in [9.17, 15) is 4.39 Å². The standard InChI is InChI=1S/C8H12FN/c1-6-8(9)5-7-3-2-4-10(6)7/h3,6,8H,2,4-5H2,1H3/t6-,8+/m0/s1. The molecule has 0 aromatic heterocycles. The lowest BCUT2D eigenvalue weighted by Crippen LogP contribution is -2.28. The topological polar surface area (TPSA) is 3.24 Å². The largest absolute Gasteiger partial charge is 0.369 e. The Morgan fingerprint density at radius 2 is 2.50 bits per heavy atom. The van der Waals surface area contributed by atoms with Gasteiger partial charge in [-0.3, -0.25) is 0 Å². The molecule has 0 N–H and O–H groups in total. The van der Waals surface area contributed by atoms with Crippen LogP contribution >= 0.6 is 0 Å². The molecule has 0 aromatic rings. The lowest BCUT2D eigenvalue weighted by molar-refractivity contribution is 0.230. The highest BCUT2D eigenvalue weighted by Gasteiger charge is 2.35. The molecule has 2 aliphatic rings. The minimum absolute atomic E-state index is 0.133. The van der Waals surface area contributed by atoms with Crippen molar-refractivity contribution >= 4 is 0 Å². The predicted octanol–water partition coefficient (Wildman–Crippen LogP) is 1.71. The Morgan fingerprint density at radius 3 is 3.20 bits per heavy atom. The molecule has 0 radical (unpaired) electrons. The first-order valence-corrected chi connectivity index (χ1v) is 3.89. The monoisotopic (exact) mass is 141 g/mol. The second-order valence-corrected chi connectivity index (χ2v) is 3.14. The molecule has 10 heavy (non-hydrogen) atoms. The Morgan fingerprint density at radius 1 is 1.70 bits per heavy atom. The van der Waals surface area contributed by atoms with Crippen molar-refractivity contribution in [2.24, 2.45) is 0 Å². The third-order valence-corrected chi connectivity index (χ3v) is 2.54. The molecule has 0 bridgehead atoms. The van der Waals surface area contributed by atoms with Gasteiger partial charge in [-0.2, -0.15) is 0 Å². The van der Waals surface area contributed by atoms with Crippen molar-refractivity contribution in [1.29, 1.82) is 0 Å². The first-order chi connectivity index (χ1) is 4.79. The molecule has 2 atom stereocenters. The van der Waals surface area contributed by atoms with Gasteiger partial charge in [0.15, 0.2) is 0 Å². The van der Waals surface area contributed by atoms with Gasteiger partial charge in [0, 0.05) is 18.7 Å². The summed E-state index contributed by atoms with van der Waals surface area (Å²) in [5, 5.41) is 0. The summed E-state index contributed by atoms with van der Waals surface area (Å²) in [6, 6.07) is 0.133. The van der Waals surface area contributed by atoms with Crippen LogP contribution < -0.4 is 0 Å². The second-order valence-electron chi connectivity index (χ2n) is 3.14. The van der Waals surface area contributed by atoms with Crippen LogP contribution in [0.15, 0.2) is 11.8 Å². The highest BCUT2D eigenvalue weighted by atomic mass is 19.1. The van der Waals surface area contributed by atoms with Crippen molar-refractivity contribution in [3.8, 4) is 0 Å². The smallest absolute Gasteiger partial charge is 0.125 e. The van der Waals surface area contributed by atoms with E-state index in [2.05, 4.69) is 11.0 Å². The van der Waals surface area contributed by atoms with Gasteiger partial charge in [-0.25, -0.2) is 4.39 Å². The van der Waals surface area contributed by atoms with Crippen molar-refractivity contribution in [1.82, 2.24) is 4.90 Å². The summed E-state index contributed by atoms with van der Waals surface area (Å²) in [6.07, 6.45) is 3.32. The lowest BCUT2D eigenvalue weighted by Gasteiger charge is -2.20. The molecule has 2 rings (SSSR count). The maximum atomic E-state index is 13.0. The fourth-order valence-corrected chi connectivity index (χ4v) is 1.86. The van der Waals surface area contributed by atoms with Crippen LogP contribution in [0, 0.1) is 0 Å². The molecule has 2 heterocycles. The minimum atomic E-state index is -0.619. The number of rotatable bonds is 0. The summed E-state index contributed by atoms with van der Waals surface area (Å²) in [5.41, 5.74) is 1.24. The van der Waals surface area contributed by atoms with Gasteiger partial charge in [-0.1, -0.05) is 6.08 Å². The molecule has 0 saturated carbocycles. The van der Waals surface area contributed by atoms with Gasteiger partial charge in [0.05, 0.1) is 6.04 Å². The Bertz CT molecular complexity index is 176. The van der Waals surface area contributed by atoms with E-state index in [4.69, 9.17) is 0 Å². The average Bonchev–Trinajstić information content (AvgIpc) is 2.41. The molecular formula is C8H12FN. The molecule has 1 nitrogen and oxygen atoms in total. The average molecular weight is 141 g/mol. The Balaban J connectivity index is 2.21. The van der Waals surface area contributed by atoms with Gasteiger partial charge >= 0.3 is 0 Å². The summed E-state index contributed by atoms with van der Waals surface area (Å²) in [6.45, 7) is 3.01. The molecule has 0 unspecified atom stereocenters. The Hall–Kier alpha value is -0.530. The van der Waals surface area contributed by atoms with Gasteiger partial charge in [0.25, 0.3) is 0 Å². The highest BCUT2D eigenvalue weighted by Crippen LogP contribution is 2.33. The molecule has 56 valence electrons. The van der Waals surface area contributed by atoms with Crippen LogP contribution in [0.4, 0.5) is 4.39 Å². The summed E-state index contributed by atoms with van der Waals surface area (Å²) in [7, 11) is 0. The van der Waals surface area contributed by atoms with Gasteiger partial charge in [-0.05, 0) is 13.3 Å². The molecule has 1 saturated heterocycles. The normalized spacial score (nSPS) is 38.2. The van der Waals surface area contributed by atoms with Crippen molar-refractivity contribution < 1.29 is 4.39 Å². The summed E-state index contributed by atoms with van der Waals surface area (Å²) in [5.74, 6) is 0. The van der Waals surface area contributed by atoms with Crippen molar-refractivity contribution in [3.05, 3.63) is 11.8 Å². The molecule has 0 amide bonds. The van der Waals surface area contributed by atoms with E-state index >= 15 is 0 Å². The minimum Gasteiger partial charge on any atom is -0.369 e. The number of nitrogens with zero attached hydrogens (tertiary/aromatic N) is 1. The molecule has 0 aliphatic carbocycles. The van der Waals surface area contributed by atoms with Crippen LogP contribution in [-0.2, 0) is 0 Å². The zero-order valence-corrected chi connectivity index (χ0v) is 6.18. The van der Waals surface area contributed by atoms with Crippen molar-refractivity contribution in [2.45, 2.75) is 32.0 Å². The molecule has 2 heteroatoms. The van der Waals surface area contributed by atoms with Gasteiger partial charge in [0.1, 0.15) is 6.17 Å². The zero-order valence-electron chi connectivity index (χ0n) is 6.18. The maximum Gasteiger partial charge on any atom is 0.125 e. The Labute approximate surface area is 60.5 Å². The highest BCUT2D eigenvalue weighted by molar-refractivity contribution is 5.16. The van der Waals surface area contributed by atoms with Gasteiger partial charge in [-0.15, -0.1) is 0 Å². The summed E-state index contributed by atoms with van der Waals surface area (Å²) < 4.78 is 13.0. The van der Waals surface area contributed by atoms with E-state index in [-0.39, 0.29) is 6.04 Å². The van der Waals surface area contributed by atoms with Crippen LogP contribution in [0.5, 0.6) is 0 Å². The van der Waals surface area contributed by atoms with Crippen LogP contribution in [0.1, 0.15) is 19.8 Å². The van der Waals surface area contributed by atoms with Crippen LogP contribution in [0.2, 0.25) is 0 Å². The van der Waals surface area contributed by atoms with E-state index in [1.165, 1.54) is 5.70 Å². The summed E-state index contributed by atoms with van der Waals surface area (Å²) >= 11 is 0. The zero-order chi connectivity index (χ0) is 7.14. The first-order valence-electron chi connectivity index (χ1n) is 3.89. The number of alkyl halides is 1. The number of hydrogen-bond donors (Lipinski definition) is 0. The number of fused-ring (bicyclic) bond motifs is 1. The first kappa shape index (κ1) is 6.20. The predicted molar refractivity (Wildman–Crippen MR) is 38.4 cm³/mol. The van der Waals surface area contributed by atoms with E-state index in [0.29, 0.717) is 6.42 Å². The lowest BCUT2D eigenvalue weighted by atomic mass is 10.2. The van der Waals surface area contributed by atoms with Crippen LogP contribution in [0.3, 0.4) is 0 Å². The molecule has 0 spiro atoms. The Kier molecular flexibility index (Phi) is 1.22. The second kappa shape index (κ2) is 1.97. The number of hydrogen-bond acceptors (Lipinski definition) is 1. The molecule has 0 aromatic carbocycles. The van der Waals surface area contributed by atoms with Crippen LogP contribution in [0.25, 0.3) is 0 Å². The fourth-order valence-electron chi connectivity index (χ4n) is 1.86. The number of halogens is 1. The van der Waals surface area contributed by atoms with E-state index in [0.717, 1.165) is 13.0 Å². The third-order valence-electron chi connectivity index (χ3n) is 2.54. The summed E-state index contributed by atoms with van der Waals surface area (Å²) in [4.78, 5) is 2.19. The van der Waals surface area contributed by atoms with E-state index in [1.54, 1.807) is 0 Å². The third kappa shape index (κ3) is 0.678. The SMILES string of the molecule is C[C@H]1[C@H](F)CC2=CCCN21. The molecule has 1 fully saturated rings. The number of allylic oxidation sites excluding steroid dienone is 1. The molecule has 2 aliphatic heterocycles. The van der Waals surface area contributed by atoms with E-state index in [1.807, 2.05) is 6.92 Å². The maximum absolute atomic E-state index is 13.0. The van der Waals surface area contributed by atoms with Crippen LogP contribution in [-0.4, -0.2) is 23.7 Å². The van der Waals surface area contributed by atoms with Gasteiger partial charge in [0.2, 0.25) is 0 Å².